The van der Waals surface area contributed by atoms with Gasteiger partial charge in [-0.3, -0.25) is 0 Å². The highest BCUT2D eigenvalue weighted by Gasteiger charge is 2.50. The van der Waals surface area contributed by atoms with Gasteiger partial charge in [0.25, 0.3) is 0 Å². The van der Waals surface area contributed by atoms with Crippen LogP contribution in [0, 0.1) is 0 Å². The molecule has 0 amide bonds. The second-order valence-corrected chi connectivity index (χ2v) is 16.3. The minimum absolute atomic E-state index is 0.450. The molecule has 0 unspecified atom stereocenters. The molecule has 12 rings (SSSR count). The first-order chi connectivity index (χ1) is 28.8. The van der Waals surface area contributed by atoms with E-state index in [-0.39, 0.29) is 0 Å². The van der Waals surface area contributed by atoms with E-state index in [4.69, 9.17) is 4.42 Å². The molecule has 2 heterocycles. The van der Waals surface area contributed by atoms with Gasteiger partial charge in [0, 0.05) is 37.6 Å². The predicted octanol–water partition coefficient (Wildman–Crippen LogP) is 15.2. The van der Waals surface area contributed by atoms with E-state index in [9.17, 15) is 0 Å². The van der Waals surface area contributed by atoms with Crippen molar-refractivity contribution < 1.29 is 4.42 Å². The Morgan fingerprint density at radius 1 is 0.362 bits per heavy atom. The number of hydrogen-bond acceptors (Lipinski definition) is 3. The van der Waals surface area contributed by atoms with Crippen molar-refractivity contribution in [1.82, 2.24) is 0 Å². The fourth-order valence-electron chi connectivity index (χ4n) is 9.68. The highest BCUT2D eigenvalue weighted by molar-refractivity contribution is 7.99. The van der Waals surface area contributed by atoms with Crippen molar-refractivity contribution in [3.8, 4) is 33.4 Å². The van der Waals surface area contributed by atoms with Crippen molar-refractivity contribution in [2.24, 2.45) is 0 Å². The van der Waals surface area contributed by atoms with E-state index in [1.54, 1.807) is 0 Å². The van der Waals surface area contributed by atoms with Gasteiger partial charge < -0.3 is 9.32 Å². The zero-order valence-corrected chi connectivity index (χ0v) is 32.3. The third kappa shape index (κ3) is 4.87. The molecule has 0 bridgehead atoms. The number of rotatable bonds is 5. The molecule has 3 heteroatoms. The van der Waals surface area contributed by atoms with Crippen LogP contribution in [0.1, 0.15) is 22.3 Å². The molecule has 0 fully saturated rings. The summed E-state index contributed by atoms with van der Waals surface area (Å²) >= 11 is 1.87. The normalized spacial score (nSPS) is 13.2. The van der Waals surface area contributed by atoms with E-state index in [2.05, 4.69) is 217 Å². The zero-order valence-electron chi connectivity index (χ0n) is 31.5. The number of benzene rings is 9. The van der Waals surface area contributed by atoms with Gasteiger partial charge in [0.2, 0.25) is 0 Å². The van der Waals surface area contributed by atoms with Crippen LogP contribution >= 0.6 is 11.8 Å². The number of anilines is 3. The topological polar surface area (TPSA) is 16.4 Å². The molecule has 1 aliphatic carbocycles. The lowest BCUT2D eigenvalue weighted by atomic mass is 9.67. The number of furan rings is 1. The van der Waals surface area contributed by atoms with E-state index in [1.807, 2.05) is 11.8 Å². The van der Waals surface area contributed by atoms with E-state index >= 15 is 0 Å². The van der Waals surface area contributed by atoms with Crippen LogP contribution in [0.25, 0.3) is 55.3 Å². The molecule has 58 heavy (non-hydrogen) atoms. The Kier molecular flexibility index (Phi) is 7.41. The zero-order chi connectivity index (χ0) is 38.2. The number of nitrogens with zero attached hydrogens (tertiary/aromatic N) is 1. The lowest BCUT2D eigenvalue weighted by molar-refractivity contribution is 0.664. The van der Waals surface area contributed by atoms with Gasteiger partial charge in [0.15, 0.2) is 0 Å². The maximum Gasteiger partial charge on any atom is 0.136 e. The van der Waals surface area contributed by atoms with Crippen LogP contribution in [-0.2, 0) is 5.41 Å². The Balaban J connectivity index is 1.04. The first-order valence-electron chi connectivity index (χ1n) is 19.8. The smallest absolute Gasteiger partial charge is 0.136 e. The van der Waals surface area contributed by atoms with Crippen LogP contribution in [0.15, 0.2) is 227 Å². The minimum Gasteiger partial charge on any atom is -0.456 e. The second kappa shape index (κ2) is 13.0. The fraction of sp³-hybridized carbons (Fsp3) is 0.0182. The first kappa shape index (κ1) is 33.1. The van der Waals surface area contributed by atoms with Gasteiger partial charge in [-0.05, 0) is 122 Å². The van der Waals surface area contributed by atoms with Crippen LogP contribution < -0.4 is 4.90 Å². The van der Waals surface area contributed by atoms with Crippen LogP contribution in [0.2, 0.25) is 0 Å². The third-order valence-corrected chi connectivity index (χ3v) is 13.3. The largest absolute Gasteiger partial charge is 0.456 e. The number of hydrogen-bond donors (Lipinski definition) is 0. The maximum atomic E-state index is 6.90. The highest BCUT2D eigenvalue weighted by Crippen LogP contribution is 2.63. The Bertz CT molecular complexity index is 3160. The lowest BCUT2D eigenvalue weighted by Gasteiger charge is -2.39. The SMILES string of the molecule is c1ccc(-c2ccc(N(c3ccccc3)c3cccc(-c4cccc5oc6cc7c(cc6c45)-c4ccccc4C74c5ccccc5Sc5ccccc54)c3)cc2)cc1. The van der Waals surface area contributed by atoms with Crippen molar-refractivity contribution in [2.75, 3.05) is 4.90 Å². The monoisotopic (exact) mass is 757 g/mol. The summed E-state index contributed by atoms with van der Waals surface area (Å²) in [5, 5.41) is 2.26. The van der Waals surface area contributed by atoms with E-state index in [0.29, 0.717) is 0 Å². The quantitative estimate of drug-likeness (QED) is 0.174. The fourth-order valence-corrected chi connectivity index (χ4v) is 10.9. The Hall–Kier alpha value is -7.07. The molecule has 0 saturated heterocycles. The standard InChI is InChI=1S/C55H35NOS/c1-3-15-36(16-4-1)37-29-31-40(32-30-37)56(39-18-5-2-6-19-39)41-20-13-17-38(33-41)42-22-14-26-50-54(42)45-34-44-43-21-7-8-23-46(43)55(49(44)35-51(45)57-50)47-24-9-11-27-52(47)58-53-28-12-10-25-48(53)55/h1-35H. The average molecular weight is 758 g/mol. The summed E-state index contributed by atoms with van der Waals surface area (Å²) in [5.41, 5.74) is 17.1. The lowest BCUT2D eigenvalue weighted by Crippen LogP contribution is -2.31. The molecule has 9 aromatic carbocycles. The molecular weight excluding hydrogens is 723 g/mol. The molecule has 2 nitrogen and oxygen atoms in total. The van der Waals surface area contributed by atoms with Gasteiger partial charge in [0.05, 0.1) is 5.41 Å². The van der Waals surface area contributed by atoms with Gasteiger partial charge in [-0.2, -0.15) is 0 Å². The van der Waals surface area contributed by atoms with Crippen LogP contribution in [0.5, 0.6) is 0 Å². The molecular formula is C55H35NOS. The number of para-hydroxylation sites is 1. The van der Waals surface area contributed by atoms with E-state index < -0.39 is 5.41 Å². The van der Waals surface area contributed by atoms with Crippen molar-refractivity contribution in [1.29, 1.82) is 0 Å². The summed E-state index contributed by atoms with van der Waals surface area (Å²) in [6, 6.07) is 77.1. The molecule has 1 aromatic heterocycles. The van der Waals surface area contributed by atoms with Crippen molar-refractivity contribution in [3.63, 3.8) is 0 Å². The van der Waals surface area contributed by atoms with Gasteiger partial charge in [-0.1, -0.05) is 157 Å². The molecule has 272 valence electrons. The maximum absolute atomic E-state index is 6.90. The summed E-state index contributed by atoms with van der Waals surface area (Å²) in [4.78, 5) is 4.94. The van der Waals surface area contributed by atoms with Crippen molar-refractivity contribution >= 4 is 50.8 Å². The molecule has 2 aliphatic rings. The van der Waals surface area contributed by atoms with Gasteiger partial charge >= 0.3 is 0 Å². The second-order valence-electron chi connectivity index (χ2n) is 15.2. The summed E-state index contributed by atoms with van der Waals surface area (Å²) in [6.07, 6.45) is 0. The van der Waals surface area contributed by atoms with Crippen molar-refractivity contribution in [2.45, 2.75) is 15.2 Å². The predicted molar refractivity (Wildman–Crippen MR) is 241 cm³/mol. The summed E-state index contributed by atoms with van der Waals surface area (Å²) in [7, 11) is 0. The Morgan fingerprint density at radius 3 is 1.69 bits per heavy atom. The first-order valence-corrected chi connectivity index (χ1v) is 20.6. The van der Waals surface area contributed by atoms with Gasteiger partial charge in [-0.25, -0.2) is 0 Å². The Morgan fingerprint density at radius 2 is 0.931 bits per heavy atom. The molecule has 0 radical (unpaired) electrons. The van der Waals surface area contributed by atoms with E-state index in [0.717, 1.165) is 50.1 Å². The molecule has 0 saturated carbocycles. The van der Waals surface area contributed by atoms with Crippen molar-refractivity contribution in [3.05, 3.63) is 235 Å². The number of fused-ring (bicyclic) bond motifs is 12. The molecule has 1 aliphatic heterocycles. The highest BCUT2D eigenvalue weighted by atomic mass is 32.2. The molecule has 1 spiro atoms. The molecule has 0 N–H and O–H groups in total. The average Bonchev–Trinajstić information content (AvgIpc) is 3.80. The minimum atomic E-state index is -0.450. The molecule has 10 aromatic rings. The van der Waals surface area contributed by atoms with Gasteiger partial charge in [0.1, 0.15) is 11.2 Å². The van der Waals surface area contributed by atoms with E-state index in [1.165, 1.54) is 54.3 Å². The van der Waals surface area contributed by atoms with Gasteiger partial charge in [-0.15, -0.1) is 0 Å². The summed E-state index contributed by atoms with van der Waals surface area (Å²) in [6.45, 7) is 0. The molecule has 0 atom stereocenters. The summed E-state index contributed by atoms with van der Waals surface area (Å²) < 4.78 is 6.90. The summed E-state index contributed by atoms with van der Waals surface area (Å²) in [5.74, 6) is 0. The van der Waals surface area contributed by atoms with Crippen LogP contribution in [0.3, 0.4) is 0 Å². The Labute approximate surface area is 341 Å². The third-order valence-electron chi connectivity index (χ3n) is 12.1. The van der Waals surface area contributed by atoms with Crippen LogP contribution in [0.4, 0.5) is 17.1 Å². The van der Waals surface area contributed by atoms with Crippen LogP contribution in [-0.4, -0.2) is 0 Å².